The molecule has 0 saturated heterocycles. The number of aromatic nitrogens is 2. The summed E-state index contributed by atoms with van der Waals surface area (Å²) < 4.78 is 55.3. The third kappa shape index (κ3) is 4.45. The van der Waals surface area contributed by atoms with Gasteiger partial charge in [-0.05, 0) is 62.4 Å². The number of fused-ring (bicyclic) bond motifs is 3. The largest absolute Gasteiger partial charge is 0.391 e. The molecule has 166 valence electrons. The van der Waals surface area contributed by atoms with Crippen LogP contribution in [-0.2, 0) is 11.3 Å². The second-order valence-electron chi connectivity index (χ2n) is 8.11. The summed E-state index contributed by atoms with van der Waals surface area (Å²) in [5, 5.41) is 2.81. The number of rotatable bonds is 5. The van der Waals surface area contributed by atoms with E-state index in [0.29, 0.717) is 35.8 Å². The molecule has 1 saturated carbocycles. The van der Waals surface area contributed by atoms with E-state index in [0.717, 1.165) is 0 Å². The Bertz CT molecular complexity index is 1160. The first kappa shape index (κ1) is 21.4. The molecule has 0 unspecified atom stereocenters. The Labute approximate surface area is 175 Å². The van der Waals surface area contributed by atoms with Crippen molar-refractivity contribution >= 4 is 22.5 Å². The summed E-state index contributed by atoms with van der Waals surface area (Å²) >= 11 is 0. The molecular weight excluding hydrogens is 414 g/mol. The van der Waals surface area contributed by atoms with Gasteiger partial charge in [0.15, 0.2) is 0 Å². The topological polar surface area (TPSA) is 55.5 Å². The first-order valence-electron chi connectivity index (χ1n) is 10.4. The van der Waals surface area contributed by atoms with Gasteiger partial charge in [0.2, 0.25) is 5.91 Å². The minimum atomic E-state index is -4.18. The minimum Gasteiger partial charge on any atom is -0.353 e. The van der Waals surface area contributed by atoms with Crippen LogP contribution in [0.5, 0.6) is 0 Å². The number of aryl methyl sites for hydroxylation is 1. The van der Waals surface area contributed by atoms with Crippen LogP contribution in [-0.4, -0.2) is 27.1 Å². The highest BCUT2D eigenvalue weighted by Gasteiger charge is 2.41. The SMILES string of the molecule is O=C(CCCn1c(=O)c2cccn2c2ccc(F)cc21)NC1CCC(C(F)(F)F)CC1. The molecule has 1 aliphatic rings. The third-order valence-electron chi connectivity index (χ3n) is 6.04. The van der Waals surface area contributed by atoms with Crippen molar-refractivity contribution in [1.82, 2.24) is 14.3 Å². The number of benzene rings is 1. The van der Waals surface area contributed by atoms with Crippen LogP contribution in [0.25, 0.3) is 16.6 Å². The average molecular weight is 437 g/mol. The Morgan fingerprint density at radius 1 is 1.06 bits per heavy atom. The number of nitrogens with one attached hydrogen (secondary N) is 1. The average Bonchev–Trinajstić information content (AvgIpc) is 3.20. The molecule has 2 aromatic heterocycles. The predicted molar refractivity (Wildman–Crippen MR) is 108 cm³/mol. The van der Waals surface area contributed by atoms with Crippen LogP contribution in [0.2, 0.25) is 0 Å². The lowest BCUT2D eigenvalue weighted by Crippen LogP contribution is -2.40. The molecule has 0 bridgehead atoms. The number of nitrogens with zero attached hydrogens (tertiary/aromatic N) is 2. The summed E-state index contributed by atoms with van der Waals surface area (Å²) in [6, 6.07) is 7.42. The summed E-state index contributed by atoms with van der Waals surface area (Å²) in [5.74, 6) is -1.99. The van der Waals surface area contributed by atoms with Crippen molar-refractivity contribution in [2.75, 3.05) is 0 Å². The number of hydrogen-bond donors (Lipinski definition) is 1. The summed E-state index contributed by atoms with van der Waals surface area (Å²) in [6.07, 6.45) is -1.28. The molecule has 0 spiro atoms. The normalized spacial score (nSPS) is 19.7. The van der Waals surface area contributed by atoms with Gasteiger partial charge in [-0.1, -0.05) is 0 Å². The minimum absolute atomic E-state index is 0.0265. The van der Waals surface area contributed by atoms with E-state index in [4.69, 9.17) is 0 Å². The predicted octanol–water partition coefficient (Wildman–Crippen LogP) is 4.41. The Morgan fingerprint density at radius 2 is 1.81 bits per heavy atom. The molecule has 1 aromatic carbocycles. The smallest absolute Gasteiger partial charge is 0.353 e. The summed E-state index contributed by atoms with van der Waals surface area (Å²) in [6.45, 7) is 0.231. The second kappa shape index (κ2) is 8.36. The molecule has 1 fully saturated rings. The molecule has 31 heavy (non-hydrogen) atoms. The van der Waals surface area contributed by atoms with Gasteiger partial charge in [-0.25, -0.2) is 4.39 Å². The van der Waals surface area contributed by atoms with Gasteiger partial charge in [-0.15, -0.1) is 0 Å². The standard InChI is InChI=1S/C22H23F4N3O2/c23-15-7-10-17-19(13-15)29(21(31)18-3-1-11-28(17)18)12-2-4-20(30)27-16-8-5-14(6-9-16)22(24,25)26/h1,3,7,10-11,13-14,16H,2,4-6,8-9,12H2,(H,27,30). The maximum Gasteiger partial charge on any atom is 0.391 e. The lowest BCUT2D eigenvalue weighted by molar-refractivity contribution is -0.182. The molecule has 3 aromatic rings. The first-order chi connectivity index (χ1) is 14.7. The van der Waals surface area contributed by atoms with E-state index in [9.17, 15) is 27.2 Å². The zero-order chi connectivity index (χ0) is 22.2. The Morgan fingerprint density at radius 3 is 2.52 bits per heavy atom. The number of carbonyl (C=O) groups is 1. The molecule has 4 rings (SSSR count). The van der Waals surface area contributed by atoms with Crippen LogP contribution in [0.3, 0.4) is 0 Å². The number of amides is 1. The highest BCUT2D eigenvalue weighted by molar-refractivity contribution is 5.79. The van der Waals surface area contributed by atoms with Crippen LogP contribution in [0.4, 0.5) is 17.6 Å². The zero-order valence-electron chi connectivity index (χ0n) is 16.8. The fourth-order valence-electron chi connectivity index (χ4n) is 4.41. The van der Waals surface area contributed by atoms with Crippen LogP contribution < -0.4 is 10.9 Å². The van der Waals surface area contributed by atoms with E-state index in [-0.39, 0.29) is 43.3 Å². The van der Waals surface area contributed by atoms with E-state index < -0.39 is 17.9 Å². The molecule has 5 nitrogen and oxygen atoms in total. The van der Waals surface area contributed by atoms with Crippen molar-refractivity contribution in [3.05, 3.63) is 52.7 Å². The molecule has 0 atom stereocenters. The summed E-state index contributed by atoms with van der Waals surface area (Å²) in [7, 11) is 0. The van der Waals surface area contributed by atoms with Crippen LogP contribution in [0.15, 0.2) is 41.3 Å². The first-order valence-corrected chi connectivity index (χ1v) is 10.4. The Hall–Kier alpha value is -2.84. The maximum atomic E-state index is 13.8. The van der Waals surface area contributed by atoms with Crippen LogP contribution in [0, 0.1) is 11.7 Å². The maximum absolute atomic E-state index is 13.8. The van der Waals surface area contributed by atoms with Crippen molar-refractivity contribution in [2.24, 2.45) is 5.92 Å². The van der Waals surface area contributed by atoms with Gasteiger partial charge in [0.1, 0.15) is 11.3 Å². The fourth-order valence-corrected chi connectivity index (χ4v) is 4.41. The number of hydrogen-bond acceptors (Lipinski definition) is 2. The van der Waals surface area contributed by atoms with Crippen molar-refractivity contribution in [3.8, 4) is 0 Å². The molecule has 1 aliphatic carbocycles. The monoisotopic (exact) mass is 437 g/mol. The van der Waals surface area contributed by atoms with Crippen molar-refractivity contribution in [3.63, 3.8) is 0 Å². The Kier molecular flexibility index (Phi) is 5.77. The van der Waals surface area contributed by atoms with Crippen molar-refractivity contribution < 1.29 is 22.4 Å². The molecule has 0 aliphatic heterocycles. The van der Waals surface area contributed by atoms with E-state index >= 15 is 0 Å². The molecule has 9 heteroatoms. The lowest BCUT2D eigenvalue weighted by Gasteiger charge is -2.30. The van der Waals surface area contributed by atoms with E-state index in [1.54, 1.807) is 28.8 Å². The van der Waals surface area contributed by atoms with Gasteiger partial charge < -0.3 is 14.3 Å². The lowest BCUT2D eigenvalue weighted by atomic mass is 9.85. The van der Waals surface area contributed by atoms with Crippen molar-refractivity contribution in [2.45, 2.75) is 57.3 Å². The van der Waals surface area contributed by atoms with Crippen molar-refractivity contribution in [1.29, 1.82) is 0 Å². The fraction of sp³-hybridized carbons (Fsp3) is 0.455. The third-order valence-corrected chi connectivity index (χ3v) is 6.04. The Balaban J connectivity index is 1.40. The number of halogens is 4. The number of alkyl halides is 3. The van der Waals surface area contributed by atoms with Crippen LogP contribution in [0.1, 0.15) is 38.5 Å². The number of carbonyl (C=O) groups excluding carboxylic acids is 1. The van der Waals surface area contributed by atoms with E-state index in [1.165, 1.54) is 16.7 Å². The zero-order valence-corrected chi connectivity index (χ0v) is 16.8. The highest BCUT2D eigenvalue weighted by Crippen LogP contribution is 2.37. The van der Waals surface area contributed by atoms with Gasteiger partial charge in [0, 0.05) is 25.2 Å². The van der Waals surface area contributed by atoms with Gasteiger partial charge >= 0.3 is 6.18 Å². The highest BCUT2D eigenvalue weighted by atomic mass is 19.4. The quantitative estimate of drug-likeness (QED) is 0.601. The molecule has 1 N–H and O–H groups in total. The van der Waals surface area contributed by atoms with Gasteiger partial charge in [0.25, 0.3) is 5.56 Å². The van der Waals surface area contributed by atoms with E-state index in [1.807, 2.05) is 0 Å². The van der Waals surface area contributed by atoms with Crippen LogP contribution >= 0.6 is 0 Å². The molecule has 1 amide bonds. The van der Waals surface area contributed by atoms with Gasteiger partial charge in [-0.2, -0.15) is 13.2 Å². The summed E-state index contributed by atoms with van der Waals surface area (Å²) in [5.41, 5.74) is 1.32. The molecular formula is C22H23F4N3O2. The molecule has 2 heterocycles. The van der Waals surface area contributed by atoms with Gasteiger partial charge in [-0.3, -0.25) is 9.59 Å². The van der Waals surface area contributed by atoms with Gasteiger partial charge in [0.05, 0.1) is 17.0 Å². The molecule has 0 radical (unpaired) electrons. The summed E-state index contributed by atoms with van der Waals surface area (Å²) in [4.78, 5) is 25.1. The van der Waals surface area contributed by atoms with E-state index in [2.05, 4.69) is 5.32 Å². The second-order valence-corrected chi connectivity index (χ2v) is 8.11.